The molecule has 0 saturated carbocycles. The van der Waals surface area contributed by atoms with Gasteiger partial charge in [-0.05, 0) is 91.8 Å². The average molecular weight is 638 g/mol. The van der Waals surface area contributed by atoms with E-state index in [-0.39, 0.29) is 0 Å². The molecule has 0 amide bonds. The van der Waals surface area contributed by atoms with Crippen molar-refractivity contribution in [3.63, 3.8) is 0 Å². The summed E-state index contributed by atoms with van der Waals surface area (Å²) < 4.78 is 6.42. The van der Waals surface area contributed by atoms with Gasteiger partial charge in [0.25, 0.3) is 0 Å². The van der Waals surface area contributed by atoms with Crippen LogP contribution in [0.2, 0.25) is 0 Å². The summed E-state index contributed by atoms with van der Waals surface area (Å²) in [5.41, 5.74) is 10.4. The molecule has 50 heavy (non-hydrogen) atoms. The molecule has 0 radical (unpaired) electrons. The monoisotopic (exact) mass is 637 g/mol. The molecular weight excluding hydrogens is 607 g/mol. The van der Waals surface area contributed by atoms with Gasteiger partial charge in [-0.1, -0.05) is 146 Å². The molecule has 2 nitrogen and oxygen atoms in total. The summed E-state index contributed by atoms with van der Waals surface area (Å²) in [7, 11) is 0. The van der Waals surface area contributed by atoms with E-state index in [1.54, 1.807) is 0 Å². The number of rotatable bonds is 5. The quantitative estimate of drug-likeness (QED) is 0.186. The van der Waals surface area contributed by atoms with Crippen LogP contribution in [-0.2, 0) is 0 Å². The number of anilines is 3. The van der Waals surface area contributed by atoms with E-state index in [0.29, 0.717) is 0 Å². The Morgan fingerprint density at radius 2 is 0.960 bits per heavy atom. The third-order valence-electron chi connectivity index (χ3n) is 10.0. The predicted octanol–water partition coefficient (Wildman–Crippen LogP) is 13.7. The molecule has 0 saturated heterocycles. The number of nitrogens with zero attached hydrogens (tertiary/aromatic N) is 1. The number of hydrogen-bond donors (Lipinski definition) is 0. The van der Waals surface area contributed by atoms with Crippen LogP contribution in [0.3, 0.4) is 0 Å². The maximum Gasteiger partial charge on any atom is 0.135 e. The molecule has 0 unspecified atom stereocenters. The van der Waals surface area contributed by atoms with Gasteiger partial charge in [0, 0.05) is 27.7 Å². The van der Waals surface area contributed by atoms with Crippen molar-refractivity contribution in [2.24, 2.45) is 0 Å². The lowest BCUT2D eigenvalue weighted by Crippen LogP contribution is -2.10. The van der Waals surface area contributed by atoms with E-state index in [2.05, 4.69) is 181 Å². The van der Waals surface area contributed by atoms with Crippen molar-refractivity contribution in [1.82, 2.24) is 0 Å². The van der Waals surface area contributed by atoms with E-state index < -0.39 is 0 Å². The normalized spacial score (nSPS) is 11.8. The number of benzene rings is 9. The van der Waals surface area contributed by atoms with E-state index in [0.717, 1.165) is 45.1 Å². The Bertz CT molecular complexity index is 2730. The second kappa shape index (κ2) is 11.5. The molecule has 1 heterocycles. The molecule has 10 rings (SSSR count). The molecule has 2 heteroatoms. The zero-order valence-corrected chi connectivity index (χ0v) is 27.3. The van der Waals surface area contributed by atoms with Crippen molar-refractivity contribution in [2.45, 2.75) is 0 Å². The second-order valence-electron chi connectivity index (χ2n) is 12.9. The van der Waals surface area contributed by atoms with Crippen molar-refractivity contribution in [3.8, 4) is 44.9 Å². The SMILES string of the molecule is c1cc(-c2ccc3c4c(cccc24)-c2ccccc2O3)cc(N(c2ccc(-c3cccc4ccccc34)cc2)c2cccc3ccccc23)c1. The van der Waals surface area contributed by atoms with Gasteiger partial charge in [-0.25, -0.2) is 0 Å². The summed E-state index contributed by atoms with van der Waals surface area (Å²) in [5, 5.41) is 7.26. The van der Waals surface area contributed by atoms with Crippen molar-refractivity contribution in [3.05, 3.63) is 188 Å². The fourth-order valence-electron chi connectivity index (χ4n) is 7.74. The second-order valence-corrected chi connectivity index (χ2v) is 12.9. The van der Waals surface area contributed by atoms with Gasteiger partial charge < -0.3 is 9.64 Å². The number of ether oxygens (including phenoxy) is 1. The van der Waals surface area contributed by atoms with E-state index in [1.165, 1.54) is 49.2 Å². The van der Waals surface area contributed by atoms with Gasteiger partial charge in [0.1, 0.15) is 11.5 Å². The van der Waals surface area contributed by atoms with Crippen LogP contribution in [-0.4, -0.2) is 0 Å². The summed E-state index contributed by atoms with van der Waals surface area (Å²) in [6.45, 7) is 0. The van der Waals surface area contributed by atoms with Crippen molar-refractivity contribution in [2.75, 3.05) is 4.90 Å². The number of para-hydroxylation sites is 1. The molecule has 0 N–H and O–H groups in total. The van der Waals surface area contributed by atoms with Gasteiger partial charge in [-0.2, -0.15) is 0 Å². The van der Waals surface area contributed by atoms with Gasteiger partial charge in [-0.3, -0.25) is 0 Å². The lowest BCUT2D eigenvalue weighted by molar-refractivity contribution is 0.487. The highest BCUT2D eigenvalue weighted by molar-refractivity contribution is 6.10. The zero-order chi connectivity index (χ0) is 33.0. The minimum Gasteiger partial charge on any atom is -0.456 e. The Balaban J connectivity index is 1.13. The van der Waals surface area contributed by atoms with E-state index >= 15 is 0 Å². The first-order valence-electron chi connectivity index (χ1n) is 17.1. The fraction of sp³-hybridized carbons (Fsp3) is 0. The Hall–Kier alpha value is -6.64. The van der Waals surface area contributed by atoms with Crippen LogP contribution < -0.4 is 9.64 Å². The summed E-state index contributed by atoms with van der Waals surface area (Å²) in [6.07, 6.45) is 0. The molecule has 1 aliphatic heterocycles. The Morgan fingerprint density at radius 1 is 0.340 bits per heavy atom. The zero-order valence-electron chi connectivity index (χ0n) is 27.3. The van der Waals surface area contributed by atoms with Crippen molar-refractivity contribution in [1.29, 1.82) is 0 Å². The van der Waals surface area contributed by atoms with Gasteiger partial charge in [0.05, 0.1) is 5.69 Å². The van der Waals surface area contributed by atoms with Gasteiger partial charge in [-0.15, -0.1) is 0 Å². The van der Waals surface area contributed by atoms with Gasteiger partial charge in [0.15, 0.2) is 0 Å². The molecule has 0 fully saturated rings. The lowest BCUT2D eigenvalue weighted by atomic mass is 9.90. The summed E-state index contributed by atoms with van der Waals surface area (Å²) in [6, 6.07) is 67.5. The predicted molar refractivity (Wildman–Crippen MR) is 210 cm³/mol. The van der Waals surface area contributed by atoms with Crippen LogP contribution >= 0.6 is 0 Å². The van der Waals surface area contributed by atoms with E-state index in [1.807, 2.05) is 12.1 Å². The molecule has 0 bridgehead atoms. The Labute approximate surface area is 291 Å². The maximum atomic E-state index is 6.42. The topological polar surface area (TPSA) is 12.5 Å². The summed E-state index contributed by atoms with van der Waals surface area (Å²) in [5.74, 6) is 1.80. The van der Waals surface area contributed by atoms with E-state index in [4.69, 9.17) is 4.74 Å². The fourth-order valence-corrected chi connectivity index (χ4v) is 7.74. The van der Waals surface area contributed by atoms with Crippen LogP contribution in [0.25, 0.3) is 65.7 Å². The Morgan fingerprint density at radius 3 is 1.84 bits per heavy atom. The molecule has 0 aromatic heterocycles. The third-order valence-corrected chi connectivity index (χ3v) is 10.0. The first-order chi connectivity index (χ1) is 24.8. The van der Waals surface area contributed by atoms with Gasteiger partial charge in [0.2, 0.25) is 0 Å². The number of fused-ring (bicyclic) bond motifs is 4. The first-order valence-corrected chi connectivity index (χ1v) is 17.1. The summed E-state index contributed by atoms with van der Waals surface area (Å²) in [4.78, 5) is 2.39. The molecule has 0 aliphatic carbocycles. The largest absolute Gasteiger partial charge is 0.456 e. The van der Waals surface area contributed by atoms with Crippen LogP contribution in [0.1, 0.15) is 0 Å². The number of hydrogen-bond acceptors (Lipinski definition) is 2. The molecular formula is C48H31NO. The third kappa shape index (κ3) is 4.57. The molecule has 0 atom stereocenters. The average Bonchev–Trinajstić information content (AvgIpc) is 3.18. The van der Waals surface area contributed by atoms with Crippen LogP contribution in [0, 0.1) is 0 Å². The van der Waals surface area contributed by atoms with Crippen molar-refractivity contribution < 1.29 is 4.74 Å². The van der Waals surface area contributed by atoms with Crippen LogP contribution in [0.15, 0.2) is 188 Å². The maximum absolute atomic E-state index is 6.42. The molecule has 9 aromatic rings. The highest BCUT2D eigenvalue weighted by atomic mass is 16.5. The smallest absolute Gasteiger partial charge is 0.135 e. The standard InChI is InChI=1S/C48H31NO/c1-3-17-38-32(11-1)13-8-20-39(38)34-25-27-36(28-26-34)49(45-23-9-14-33-12-2-4-18-41(33)45)37-16-7-15-35(31-37)40-29-30-47-48-43(40)21-10-22-44(48)42-19-5-6-24-46(42)50-47/h1-31H. The highest BCUT2D eigenvalue weighted by Gasteiger charge is 2.22. The minimum absolute atomic E-state index is 0.901. The highest BCUT2D eigenvalue weighted by Crippen LogP contribution is 2.49. The van der Waals surface area contributed by atoms with Crippen molar-refractivity contribution >= 4 is 49.4 Å². The summed E-state index contributed by atoms with van der Waals surface area (Å²) >= 11 is 0. The molecule has 0 spiro atoms. The Kier molecular flexibility index (Phi) is 6.53. The molecule has 9 aromatic carbocycles. The minimum atomic E-state index is 0.901. The van der Waals surface area contributed by atoms with Gasteiger partial charge >= 0.3 is 0 Å². The lowest BCUT2D eigenvalue weighted by Gasteiger charge is -2.28. The first kappa shape index (κ1) is 28.4. The van der Waals surface area contributed by atoms with Crippen LogP contribution in [0.4, 0.5) is 17.1 Å². The van der Waals surface area contributed by atoms with E-state index in [9.17, 15) is 0 Å². The van der Waals surface area contributed by atoms with Crippen LogP contribution in [0.5, 0.6) is 11.5 Å². The molecule has 1 aliphatic rings. The molecule has 234 valence electrons.